The lowest BCUT2D eigenvalue weighted by Gasteiger charge is -2.01. The van der Waals surface area contributed by atoms with Gasteiger partial charge in [0, 0.05) is 6.04 Å². The summed E-state index contributed by atoms with van der Waals surface area (Å²) in [6.45, 7) is 0. The molecule has 0 amide bonds. The quantitative estimate of drug-likeness (QED) is 0.548. The molecule has 0 radical (unpaired) electrons. The Morgan fingerprint density at radius 2 is 2.40 bits per heavy atom. The summed E-state index contributed by atoms with van der Waals surface area (Å²) in [4.78, 5) is 10.7. The van der Waals surface area contributed by atoms with Crippen LogP contribution < -0.4 is 5.73 Å². The molecule has 3 unspecified atom stereocenters. The number of carbonyl (C=O) groups is 1. The van der Waals surface area contributed by atoms with Crippen molar-refractivity contribution in [3.63, 3.8) is 0 Å². The Hall–Kier alpha value is -0.570. The zero-order valence-corrected chi connectivity index (χ0v) is 5.71. The van der Waals surface area contributed by atoms with Crippen molar-refractivity contribution in [2.75, 3.05) is 0 Å². The molecule has 3 atom stereocenters. The molecule has 0 aromatic carbocycles. The van der Waals surface area contributed by atoms with Gasteiger partial charge in [-0.1, -0.05) is 0 Å². The van der Waals surface area contributed by atoms with Crippen LogP contribution in [0.1, 0.15) is 19.3 Å². The summed E-state index contributed by atoms with van der Waals surface area (Å²) in [5.74, 6) is -0.338. The van der Waals surface area contributed by atoms with E-state index in [1.54, 1.807) is 0 Å². The summed E-state index contributed by atoms with van der Waals surface area (Å²) >= 11 is 0. The maximum absolute atomic E-state index is 10.7. The maximum Gasteiger partial charge on any atom is 0.309 e. The Balaban J connectivity index is 2.18. The van der Waals surface area contributed by atoms with Gasteiger partial charge >= 0.3 is 5.97 Å². The Bertz CT molecular complexity index is 192. The molecule has 0 spiro atoms. The van der Waals surface area contributed by atoms with Gasteiger partial charge < -0.3 is 10.8 Å². The highest BCUT2D eigenvalue weighted by atomic mass is 16.4. The van der Waals surface area contributed by atoms with Crippen LogP contribution in [0.4, 0.5) is 0 Å². The van der Waals surface area contributed by atoms with Crippen LogP contribution in [0.3, 0.4) is 0 Å². The van der Waals surface area contributed by atoms with Crippen LogP contribution in [0.25, 0.3) is 0 Å². The molecule has 3 nitrogen and oxygen atoms in total. The molecule has 0 aliphatic heterocycles. The highest BCUT2D eigenvalue weighted by Gasteiger charge is 2.65. The van der Waals surface area contributed by atoms with E-state index >= 15 is 0 Å². The topological polar surface area (TPSA) is 63.3 Å². The Kier molecular flexibility index (Phi) is 0.944. The van der Waals surface area contributed by atoms with Gasteiger partial charge in [0.15, 0.2) is 0 Å². The number of fused-ring (bicyclic) bond motifs is 1. The first kappa shape index (κ1) is 6.16. The van der Waals surface area contributed by atoms with Gasteiger partial charge in [-0.15, -0.1) is 0 Å². The van der Waals surface area contributed by atoms with Crippen molar-refractivity contribution in [2.45, 2.75) is 25.3 Å². The van der Waals surface area contributed by atoms with E-state index in [9.17, 15) is 4.79 Å². The lowest BCUT2D eigenvalue weighted by Crippen LogP contribution is -2.20. The molecule has 3 N–H and O–H groups in total. The molecule has 10 heavy (non-hydrogen) atoms. The van der Waals surface area contributed by atoms with Crippen molar-refractivity contribution >= 4 is 5.97 Å². The molecule has 2 saturated carbocycles. The monoisotopic (exact) mass is 141 g/mol. The van der Waals surface area contributed by atoms with E-state index in [-0.39, 0.29) is 11.5 Å². The molecule has 2 rings (SSSR count). The predicted molar refractivity (Wildman–Crippen MR) is 35.4 cm³/mol. The fraction of sp³-hybridized carbons (Fsp3) is 0.857. The molecular formula is C7H11NO2. The number of rotatable bonds is 1. The van der Waals surface area contributed by atoms with Gasteiger partial charge in [0.2, 0.25) is 0 Å². The first-order valence-electron chi connectivity index (χ1n) is 3.66. The van der Waals surface area contributed by atoms with Gasteiger partial charge in [0.25, 0.3) is 0 Å². The van der Waals surface area contributed by atoms with E-state index in [4.69, 9.17) is 10.8 Å². The SMILES string of the molecule is NC1CCC2(C(=O)O)CC12. The lowest BCUT2D eigenvalue weighted by atomic mass is 10.1. The van der Waals surface area contributed by atoms with Crippen molar-refractivity contribution in [2.24, 2.45) is 17.1 Å². The zero-order chi connectivity index (χ0) is 7.35. The van der Waals surface area contributed by atoms with Gasteiger partial charge in [0.05, 0.1) is 5.41 Å². The first-order chi connectivity index (χ1) is 4.67. The summed E-state index contributed by atoms with van der Waals surface area (Å²) in [5, 5.41) is 8.78. The highest BCUT2D eigenvalue weighted by Crippen LogP contribution is 2.62. The average molecular weight is 141 g/mol. The summed E-state index contributed by atoms with van der Waals surface area (Å²) in [6, 6.07) is 0.163. The Morgan fingerprint density at radius 1 is 1.70 bits per heavy atom. The van der Waals surface area contributed by atoms with Gasteiger partial charge in [0.1, 0.15) is 0 Å². The smallest absolute Gasteiger partial charge is 0.309 e. The molecule has 0 aromatic heterocycles. The Morgan fingerprint density at radius 3 is 2.60 bits per heavy atom. The van der Waals surface area contributed by atoms with Crippen LogP contribution in [0, 0.1) is 11.3 Å². The van der Waals surface area contributed by atoms with E-state index < -0.39 is 5.97 Å². The number of carboxylic acids is 1. The largest absolute Gasteiger partial charge is 0.481 e. The van der Waals surface area contributed by atoms with Crippen molar-refractivity contribution in [1.82, 2.24) is 0 Å². The lowest BCUT2D eigenvalue weighted by molar-refractivity contribution is -0.143. The molecule has 0 aromatic rings. The van der Waals surface area contributed by atoms with Crippen LogP contribution in [-0.4, -0.2) is 17.1 Å². The molecule has 0 saturated heterocycles. The second kappa shape index (κ2) is 1.53. The molecule has 0 bridgehead atoms. The summed E-state index contributed by atoms with van der Waals surface area (Å²) in [5.41, 5.74) is 5.30. The van der Waals surface area contributed by atoms with Gasteiger partial charge in [-0.05, 0) is 25.2 Å². The third-order valence-electron chi connectivity index (χ3n) is 3.00. The average Bonchev–Trinajstić information content (AvgIpc) is 2.52. The number of nitrogens with two attached hydrogens (primary N) is 1. The fourth-order valence-corrected chi connectivity index (χ4v) is 2.16. The molecule has 0 heterocycles. The Labute approximate surface area is 59.2 Å². The summed E-state index contributed by atoms with van der Waals surface area (Å²) < 4.78 is 0. The molecule has 56 valence electrons. The molecule has 2 aliphatic carbocycles. The second-order valence-electron chi connectivity index (χ2n) is 3.47. The summed E-state index contributed by atoms with van der Waals surface area (Å²) in [6.07, 6.45) is 2.52. The minimum Gasteiger partial charge on any atom is -0.481 e. The van der Waals surface area contributed by atoms with Gasteiger partial charge in [-0.3, -0.25) is 4.79 Å². The minimum absolute atomic E-state index is 0.163. The third kappa shape index (κ3) is 0.515. The predicted octanol–water partition coefficient (Wildman–Crippen LogP) is 0.198. The first-order valence-corrected chi connectivity index (χ1v) is 3.66. The minimum atomic E-state index is -0.634. The number of hydrogen-bond acceptors (Lipinski definition) is 2. The van der Waals surface area contributed by atoms with Crippen LogP contribution in [0.5, 0.6) is 0 Å². The molecular weight excluding hydrogens is 130 g/mol. The number of hydrogen-bond donors (Lipinski definition) is 2. The summed E-state index contributed by atoms with van der Waals surface area (Å²) in [7, 11) is 0. The van der Waals surface area contributed by atoms with Crippen molar-refractivity contribution in [3.8, 4) is 0 Å². The number of aliphatic carboxylic acids is 1. The van der Waals surface area contributed by atoms with E-state index in [1.165, 1.54) is 0 Å². The van der Waals surface area contributed by atoms with E-state index in [1.807, 2.05) is 0 Å². The second-order valence-corrected chi connectivity index (χ2v) is 3.47. The van der Waals surface area contributed by atoms with Crippen LogP contribution in [0.2, 0.25) is 0 Å². The third-order valence-corrected chi connectivity index (χ3v) is 3.00. The van der Waals surface area contributed by atoms with Crippen molar-refractivity contribution in [1.29, 1.82) is 0 Å². The van der Waals surface area contributed by atoms with E-state index in [0.29, 0.717) is 5.92 Å². The fourth-order valence-electron chi connectivity index (χ4n) is 2.16. The van der Waals surface area contributed by atoms with Crippen molar-refractivity contribution < 1.29 is 9.90 Å². The molecule has 2 aliphatic rings. The van der Waals surface area contributed by atoms with Crippen molar-refractivity contribution in [3.05, 3.63) is 0 Å². The zero-order valence-electron chi connectivity index (χ0n) is 5.71. The van der Waals surface area contributed by atoms with E-state index in [0.717, 1.165) is 19.3 Å². The van der Waals surface area contributed by atoms with E-state index in [2.05, 4.69) is 0 Å². The normalized spacial score (nSPS) is 50.5. The van der Waals surface area contributed by atoms with Crippen LogP contribution in [0.15, 0.2) is 0 Å². The molecule has 2 fully saturated rings. The van der Waals surface area contributed by atoms with Gasteiger partial charge in [-0.2, -0.15) is 0 Å². The molecule has 3 heteroatoms. The van der Waals surface area contributed by atoms with Crippen LogP contribution >= 0.6 is 0 Å². The maximum atomic E-state index is 10.7. The highest BCUT2D eigenvalue weighted by molar-refractivity contribution is 5.79. The number of carboxylic acid groups (broad SMARTS) is 1. The standard InChI is InChI=1S/C7H11NO2/c8-5-1-2-7(6(9)10)3-4(5)7/h4-5H,1-3,8H2,(H,9,10). The van der Waals surface area contributed by atoms with Crippen LogP contribution in [-0.2, 0) is 4.79 Å². The van der Waals surface area contributed by atoms with Gasteiger partial charge in [-0.25, -0.2) is 0 Å².